The van der Waals surface area contributed by atoms with Crippen LogP contribution >= 0.6 is 0 Å². The predicted molar refractivity (Wildman–Crippen MR) is 59.1 cm³/mol. The molecule has 1 heterocycles. The molecule has 1 aromatic carbocycles. The van der Waals surface area contributed by atoms with Gasteiger partial charge in [-0.2, -0.15) is 0 Å². The van der Waals surface area contributed by atoms with E-state index in [1.54, 1.807) is 12.1 Å². The molecule has 1 N–H and O–H groups in total. The Morgan fingerprint density at radius 2 is 2.24 bits per heavy atom. The van der Waals surface area contributed by atoms with Gasteiger partial charge in [-0.3, -0.25) is 10.1 Å². The SMILES string of the molecule is O=[N+]([O-])c1ccc(F)c(NCc2ccco2)c1. The summed E-state index contributed by atoms with van der Waals surface area (Å²) in [4.78, 5) is 9.96. The van der Waals surface area contributed by atoms with Crippen molar-refractivity contribution in [3.05, 3.63) is 58.3 Å². The van der Waals surface area contributed by atoms with Crippen molar-refractivity contribution < 1.29 is 13.7 Å². The summed E-state index contributed by atoms with van der Waals surface area (Å²) in [6, 6.07) is 6.76. The second-order valence-corrected chi connectivity index (χ2v) is 3.35. The lowest BCUT2D eigenvalue weighted by Crippen LogP contribution is -2.01. The number of nitrogens with one attached hydrogen (secondary N) is 1. The van der Waals surface area contributed by atoms with E-state index in [0.29, 0.717) is 5.76 Å². The number of nitrogens with zero attached hydrogens (tertiary/aromatic N) is 1. The van der Waals surface area contributed by atoms with Gasteiger partial charge in [-0.25, -0.2) is 4.39 Å². The molecule has 0 amide bonds. The zero-order chi connectivity index (χ0) is 12.3. The first-order valence-electron chi connectivity index (χ1n) is 4.87. The Morgan fingerprint density at radius 3 is 2.88 bits per heavy atom. The van der Waals surface area contributed by atoms with Gasteiger partial charge in [0.25, 0.3) is 5.69 Å². The van der Waals surface area contributed by atoms with Gasteiger partial charge in [-0.1, -0.05) is 0 Å². The molecule has 0 spiro atoms. The second-order valence-electron chi connectivity index (χ2n) is 3.35. The molecule has 0 radical (unpaired) electrons. The van der Waals surface area contributed by atoms with E-state index >= 15 is 0 Å². The molecular formula is C11H9FN2O3. The minimum absolute atomic E-state index is 0.0793. The maximum atomic E-state index is 13.3. The molecule has 0 aliphatic heterocycles. The molecule has 5 nitrogen and oxygen atoms in total. The van der Waals surface area contributed by atoms with E-state index in [1.165, 1.54) is 6.26 Å². The van der Waals surface area contributed by atoms with Gasteiger partial charge in [-0.05, 0) is 18.2 Å². The number of non-ortho nitro benzene ring substituents is 1. The Balaban J connectivity index is 2.14. The molecule has 2 rings (SSSR count). The maximum Gasteiger partial charge on any atom is 0.271 e. The molecule has 2 aromatic rings. The molecule has 0 fully saturated rings. The molecule has 17 heavy (non-hydrogen) atoms. The van der Waals surface area contributed by atoms with Gasteiger partial charge in [-0.15, -0.1) is 0 Å². The van der Waals surface area contributed by atoms with Crippen LogP contribution in [-0.2, 0) is 6.54 Å². The first kappa shape index (κ1) is 11.1. The fourth-order valence-corrected chi connectivity index (χ4v) is 1.36. The molecule has 0 saturated carbocycles. The van der Waals surface area contributed by atoms with Gasteiger partial charge in [0.05, 0.1) is 23.4 Å². The number of hydrogen-bond donors (Lipinski definition) is 1. The van der Waals surface area contributed by atoms with E-state index in [4.69, 9.17) is 4.42 Å². The van der Waals surface area contributed by atoms with Crippen LogP contribution in [0.5, 0.6) is 0 Å². The normalized spacial score (nSPS) is 10.2. The Morgan fingerprint density at radius 1 is 1.41 bits per heavy atom. The van der Waals surface area contributed by atoms with Crippen LogP contribution in [0.15, 0.2) is 41.0 Å². The average molecular weight is 236 g/mol. The summed E-state index contributed by atoms with van der Waals surface area (Å²) in [7, 11) is 0. The van der Waals surface area contributed by atoms with Crippen LogP contribution in [-0.4, -0.2) is 4.92 Å². The van der Waals surface area contributed by atoms with Gasteiger partial charge in [0, 0.05) is 12.1 Å². The monoisotopic (exact) mass is 236 g/mol. The number of furan rings is 1. The van der Waals surface area contributed by atoms with Crippen molar-refractivity contribution in [2.75, 3.05) is 5.32 Å². The van der Waals surface area contributed by atoms with Crippen molar-refractivity contribution in [1.82, 2.24) is 0 Å². The van der Waals surface area contributed by atoms with E-state index < -0.39 is 10.7 Å². The average Bonchev–Trinajstić information content (AvgIpc) is 2.80. The van der Waals surface area contributed by atoms with Crippen LogP contribution in [0.4, 0.5) is 15.8 Å². The van der Waals surface area contributed by atoms with E-state index in [9.17, 15) is 14.5 Å². The van der Waals surface area contributed by atoms with Crippen LogP contribution in [0.2, 0.25) is 0 Å². The number of rotatable bonds is 4. The van der Waals surface area contributed by atoms with Crippen LogP contribution < -0.4 is 5.32 Å². The summed E-state index contributed by atoms with van der Waals surface area (Å²) >= 11 is 0. The smallest absolute Gasteiger partial charge is 0.271 e. The van der Waals surface area contributed by atoms with E-state index in [2.05, 4.69) is 5.32 Å². The summed E-state index contributed by atoms with van der Waals surface area (Å²) < 4.78 is 18.4. The lowest BCUT2D eigenvalue weighted by molar-refractivity contribution is -0.384. The molecule has 0 unspecified atom stereocenters. The fraction of sp³-hybridized carbons (Fsp3) is 0.0909. The van der Waals surface area contributed by atoms with Crippen LogP contribution in [0.25, 0.3) is 0 Å². The third kappa shape index (κ3) is 2.60. The Kier molecular flexibility index (Phi) is 3.04. The molecule has 0 aliphatic carbocycles. The van der Waals surface area contributed by atoms with Crippen LogP contribution in [0, 0.1) is 15.9 Å². The highest BCUT2D eigenvalue weighted by molar-refractivity contribution is 5.52. The first-order valence-corrected chi connectivity index (χ1v) is 4.87. The highest BCUT2D eigenvalue weighted by atomic mass is 19.1. The number of benzene rings is 1. The molecule has 0 bridgehead atoms. The summed E-state index contributed by atoms with van der Waals surface area (Å²) in [5, 5.41) is 13.3. The Hall–Kier alpha value is -2.37. The predicted octanol–water partition coefficient (Wildman–Crippen LogP) is 2.94. The molecule has 1 aromatic heterocycles. The molecule has 88 valence electrons. The lowest BCUT2D eigenvalue weighted by atomic mass is 10.2. The molecule has 6 heteroatoms. The van der Waals surface area contributed by atoms with Gasteiger partial charge >= 0.3 is 0 Å². The second kappa shape index (κ2) is 4.65. The Labute approximate surface area is 96.0 Å². The number of hydrogen-bond acceptors (Lipinski definition) is 4. The van der Waals surface area contributed by atoms with Gasteiger partial charge in [0.15, 0.2) is 0 Å². The maximum absolute atomic E-state index is 13.3. The molecule has 0 aliphatic rings. The van der Waals surface area contributed by atoms with Crippen molar-refractivity contribution in [2.24, 2.45) is 0 Å². The number of anilines is 1. The van der Waals surface area contributed by atoms with Crippen molar-refractivity contribution in [2.45, 2.75) is 6.54 Å². The van der Waals surface area contributed by atoms with Crippen LogP contribution in [0.1, 0.15) is 5.76 Å². The molecule has 0 atom stereocenters. The summed E-state index contributed by atoms with van der Waals surface area (Å²) in [5.74, 6) is 0.0815. The van der Waals surface area contributed by atoms with Crippen molar-refractivity contribution in [1.29, 1.82) is 0 Å². The minimum Gasteiger partial charge on any atom is -0.467 e. The Bertz CT molecular complexity index is 526. The van der Waals surface area contributed by atoms with E-state index in [-0.39, 0.29) is 17.9 Å². The van der Waals surface area contributed by atoms with Crippen LogP contribution in [0.3, 0.4) is 0 Å². The van der Waals surface area contributed by atoms with Crippen molar-refractivity contribution >= 4 is 11.4 Å². The fourth-order valence-electron chi connectivity index (χ4n) is 1.36. The summed E-state index contributed by atoms with van der Waals surface area (Å²) in [5.41, 5.74) is -0.0797. The third-order valence-electron chi connectivity index (χ3n) is 2.19. The topological polar surface area (TPSA) is 68.3 Å². The number of nitro benzene ring substituents is 1. The standard InChI is InChI=1S/C11H9FN2O3/c12-10-4-3-8(14(15)16)6-11(10)13-7-9-2-1-5-17-9/h1-6,13H,7H2. The quantitative estimate of drug-likeness (QED) is 0.654. The first-order chi connectivity index (χ1) is 8.16. The van der Waals surface area contributed by atoms with Gasteiger partial charge in [0.2, 0.25) is 0 Å². The van der Waals surface area contributed by atoms with Crippen molar-refractivity contribution in [3.8, 4) is 0 Å². The van der Waals surface area contributed by atoms with Gasteiger partial charge in [0.1, 0.15) is 11.6 Å². The lowest BCUT2D eigenvalue weighted by Gasteiger charge is -2.05. The summed E-state index contributed by atoms with van der Waals surface area (Å²) in [6.07, 6.45) is 1.50. The summed E-state index contributed by atoms with van der Waals surface area (Å²) in [6.45, 7) is 0.269. The zero-order valence-electron chi connectivity index (χ0n) is 8.72. The highest BCUT2D eigenvalue weighted by Gasteiger charge is 2.10. The highest BCUT2D eigenvalue weighted by Crippen LogP contribution is 2.21. The van der Waals surface area contributed by atoms with E-state index in [0.717, 1.165) is 18.2 Å². The van der Waals surface area contributed by atoms with Crippen molar-refractivity contribution in [3.63, 3.8) is 0 Å². The minimum atomic E-state index is -0.572. The molecule has 0 saturated heterocycles. The number of nitro groups is 1. The number of halogens is 1. The third-order valence-corrected chi connectivity index (χ3v) is 2.19. The largest absolute Gasteiger partial charge is 0.467 e. The van der Waals surface area contributed by atoms with E-state index in [1.807, 2.05) is 0 Å². The molecular weight excluding hydrogens is 227 g/mol. The van der Waals surface area contributed by atoms with Gasteiger partial charge < -0.3 is 9.73 Å². The zero-order valence-corrected chi connectivity index (χ0v) is 8.72.